The van der Waals surface area contributed by atoms with Gasteiger partial charge in [-0.25, -0.2) is 0 Å². The molecule has 0 aromatic carbocycles. The molecule has 30 heavy (non-hydrogen) atoms. The second-order valence-electron chi connectivity index (χ2n) is 10.4. The molecule has 0 heterocycles. The molecule has 4 bridgehead atoms. The Bertz CT molecular complexity index is 731. The normalized spacial score (nSPS) is 43.7. The summed E-state index contributed by atoms with van der Waals surface area (Å²) in [6.45, 7) is 7.74. The number of carbonyl (C=O) groups is 2. The molecule has 4 rings (SSSR count). The maximum atomic E-state index is 13.2. The predicted octanol–water partition coefficient (Wildman–Crippen LogP) is 3.55. The minimum Gasteiger partial charge on any atom is -0.481 e. The zero-order valence-corrected chi connectivity index (χ0v) is 18.7. The Labute approximate surface area is 179 Å². The van der Waals surface area contributed by atoms with Crippen molar-refractivity contribution in [2.45, 2.75) is 46.5 Å². The third-order valence-corrected chi connectivity index (χ3v) is 9.08. The lowest BCUT2D eigenvalue weighted by atomic mass is 9.43. The first kappa shape index (κ1) is 22.0. The van der Waals surface area contributed by atoms with E-state index in [2.05, 4.69) is 26.8 Å². The zero-order chi connectivity index (χ0) is 21.7. The minimum atomic E-state index is -1.17. The van der Waals surface area contributed by atoms with E-state index < -0.39 is 22.2 Å². The van der Waals surface area contributed by atoms with Crippen molar-refractivity contribution in [2.75, 3.05) is 33.7 Å². The highest BCUT2D eigenvalue weighted by Crippen LogP contribution is 2.82. The fraction of sp³-hybridized carbons (Fsp3) is 0.833. The Morgan fingerprint density at radius 2 is 2.03 bits per heavy atom. The number of ether oxygens (including phenoxy) is 3. The predicted molar refractivity (Wildman–Crippen MR) is 111 cm³/mol. The topological polar surface area (TPSA) is 82.1 Å². The van der Waals surface area contributed by atoms with Crippen LogP contribution in [0.25, 0.3) is 0 Å². The second kappa shape index (κ2) is 7.72. The van der Waals surface area contributed by atoms with Crippen LogP contribution in [-0.4, -0.2) is 51.1 Å². The third-order valence-electron chi connectivity index (χ3n) is 9.08. The van der Waals surface area contributed by atoms with E-state index in [0.29, 0.717) is 38.1 Å². The molecule has 4 aliphatic carbocycles. The van der Waals surface area contributed by atoms with E-state index >= 15 is 0 Å². The van der Waals surface area contributed by atoms with Gasteiger partial charge in [-0.2, -0.15) is 0 Å². The Hall–Kier alpha value is -1.24. The molecule has 0 aliphatic heterocycles. The lowest BCUT2D eigenvalue weighted by Crippen LogP contribution is -2.63. The Morgan fingerprint density at radius 3 is 2.67 bits per heavy atom. The summed E-state index contributed by atoms with van der Waals surface area (Å²) in [6.07, 6.45) is 6.73. The number of hydrogen-bond donors (Lipinski definition) is 1. The summed E-state index contributed by atoms with van der Waals surface area (Å²) in [4.78, 5) is 26.1. The van der Waals surface area contributed by atoms with Crippen molar-refractivity contribution in [1.29, 1.82) is 0 Å². The number of allylic oxidation sites excluding steroid dienone is 1. The fourth-order valence-electron chi connectivity index (χ4n) is 8.12. The molecule has 0 unspecified atom stereocenters. The maximum absolute atomic E-state index is 13.2. The lowest BCUT2D eigenvalue weighted by molar-refractivity contribution is -0.192. The molecule has 6 nitrogen and oxygen atoms in total. The van der Waals surface area contributed by atoms with Crippen molar-refractivity contribution in [3.63, 3.8) is 0 Å². The van der Waals surface area contributed by atoms with Crippen LogP contribution in [0.4, 0.5) is 0 Å². The number of carboxylic acid groups (broad SMARTS) is 1. The monoisotopic (exact) mass is 420 g/mol. The number of carboxylic acids is 1. The molecule has 0 aromatic rings. The fourth-order valence-corrected chi connectivity index (χ4v) is 8.12. The van der Waals surface area contributed by atoms with Gasteiger partial charge in [0, 0.05) is 12.5 Å². The highest BCUT2D eigenvalue weighted by atomic mass is 16.7. The highest BCUT2D eigenvalue weighted by Gasteiger charge is 2.84. The molecule has 7 atom stereocenters. The molecule has 0 aromatic heterocycles. The van der Waals surface area contributed by atoms with Crippen molar-refractivity contribution in [3.05, 3.63) is 11.6 Å². The van der Waals surface area contributed by atoms with Gasteiger partial charge in [0.05, 0.1) is 25.2 Å². The van der Waals surface area contributed by atoms with Gasteiger partial charge in [-0.15, -0.1) is 0 Å². The first-order valence-corrected chi connectivity index (χ1v) is 11.4. The van der Waals surface area contributed by atoms with Gasteiger partial charge in [0.2, 0.25) is 0 Å². The second-order valence-corrected chi connectivity index (χ2v) is 10.4. The van der Waals surface area contributed by atoms with Crippen LogP contribution < -0.4 is 0 Å². The zero-order valence-electron chi connectivity index (χ0n) is 18.7. The average Bonchev–Trinajstić information content (AvgIpc) is 3.27. The molecule has 0 radical (unpaired) electrons. The van der Waals surface area contributed by atoms with Gasteiger partial charge in [-0.1, -0.05) is 38.8 Å². The van der Waals surface area contributed by atoms with Gasteiger partial charge in [-0.05, 0) is 48.9 Å². The Balaban J connectivity index is 1.75. The van der Waals surface area contributed by atoms with Crippen LogP contribution in [0.5, 0.6) is 0 Å². The lowest BCUT2D eigenvalue weighted by Gasteiger charge is -2.58. The standard InChI is InChI=1S/C24H36O6/c1-15(2)20-9-17-10-22(12-25)19-6-5-16(3)18(19)11-23(17,24(20,22)21(26)27)13-30-14-29-8-7-28-4/h9,12,15-19H,5-8,10-11,13-14H2,1-4H3,(H,26,27)/t16-,17+,18-,19-,22+,23+,24+/m0/s1. The SMILES string of the molecule is COCCOCOC[C@]12C[C@H]3[C@@H](C)CC[C@@H]3[C@]3(C=O)C[C@H]1C=C(C(C)C)[C@]23C(=O)O. The number of rotatable bonds is 10. The van der Waals surface area contributed by atoms with Crippen LogP contribution in [0.3, 0.4) is 0 Å². The van der Waals surface area contributed by atoms with Crippen molar-refractivity contribution < 1.29 is 28.9 Å². The van der Waals surface area contributed by atoms with Crippen molar-refractivity contribution >= 4 is 12.3 Å². The Morgan fingerprint density at radius 1 is 1.27 bits per heavy atom. The number of methoxy groups -OCH3 is 1. The van der Waals surface area contributed by atoms with Gasteiger partial charge in [0.25, 0.3) is 0 Å². The molecule has 6 heteroatoms. The van der Waals surface area contributed by atoms with Gasteiger partial charge in [0.1, 0.15) is 18.5 Å². The van der Waals surface area contributed by atoms with Crippen LogP contribution in [-0.2, 0) is 23.8 Å². The average molecular weight is 421 g/mol. The van der Waals surface area contributed by atoms with Crippen molar-refractivity contribution in [2.24, 2.45) is 45.8 Å². The van der Waals surface area contributed by atoms with Gasteiger partial charge < -0.3 is 24.1 Å². The van der Waals surface area contributed by atoms with Crippen LogP contribution >= 0.6 is 0 Å². The van der Waals surface area contributed by atoms with E-state index in [0.717, 1.165) is 31.1 Å². The highest BCUT2D eigenvalue weighted by molar-refractivity contribution is 5.90. The van der Waals surface area contributed by atoms with Gasteiger partial charge in [-0.3, -0.25) is 4.79 Å². The summed E-state index contributed by atoms with van der Waals surface area (Å²) in [5, 5.41) is 10.8. The first-order chi connectivity index (χ1) is 14.3. The van der Waals surface area contributed by atoms with E-state index in [9.17, 15) is 14.7 Å². The van der Waals surface area contributed by atoms with Crippen LogP contribution in [0, 0.1) is 45.8 Å². The number of aliphatic carboxylic acids is 1. The Kier molecular flexibility index (Phi) is 5.65. The van der Waals surface area contributed by atoms with Crippen molar-refractivity contribution in [1.82, 2.24) is 0 Å². The summed E-state index contributed by atoms with van der Waals surface area (Å²) in [6, 6.07) is 0. The molecule has 168 valence electrons. The molecule has 0 amide bonds. The minimum absolute atomic E-state index is 0.0629. The van der Waals surface area contributed by atoms with Crippen molar-refractivity contribution in [3.8, 4) is 0 Å². The van der Waals surface area contributed by atoms with E-state index in [1.54, 1.807) is 7.11 Å². The largest absolute Gasteiger partial charge is 0.481 e. The van der Waals surface area contributed by atoms with Crippen LogP contribution in [0.2, 0.25) is 0 Å². The summed E-state index contributed by atoms with van der Waals surface area (Å²) in [5.74, 6) is 0.353. The van der Waals surface area contributed by atoms with E-state index in [4.69, 9.17) is 14.2 Å². The molecule has 3 fully saturated rings. The number of hydrogen-bond acceptors (Lipinski definition) is 5. The molecular weight excluding hydrogens is 384 g/mol. The molecule has 0 spiro atoms. The number of carbonyl (C=O) groups excluding carboxylic acids is 1. The molecular formula is C24H36O6. The summed E-state index contributed by atoms with van der Waals surface area (Å²) in [7, 11) is 1.62. The van der Waals surface area contributed by atoms with E-state index in [1.807, 2.05) is 0 Å². The quantitative estimate of drug-likeness (QED) is 0.252. The first-order valence-electron chi connectivity index (χ1n) is 11.4. The van der Waals surface area contributed by atoms with Crippen LogP contribution in [0.15, 0.2) is 11.6 Å². The van der Waals surface area contributed by atoms with E-state index in [1.165, 1.54) is 0 Å². The van der Waals surface area contributed by atoms with E-state index in [-0.39, 0.29) is 24.5 Å². The molecule has 3 saturated carbocycles. The molecule has 0 saturated heterocycles. The maximum Gasteiger partial charge on any atom is 0.315 e. The number of fused-ring (bicyclic) bond motifs is 2. The molecule has 1 N–H and O–H groups in total. The third kappa shape index (κ3) is 2.53. The van der Waals surface area contributed by atoms with Gasteiger partial charge in [0.15, 0.2) is 0 Å². The molecule has 4 aliphatic rings. The summed E-state index contributed by atoms with van der Waals surface area (Å²) >= 11 is 0. The smallest absolute Gasteiger partial charge is 0.315 e. The summed E-state index contributed by atoms with van der Waals surface area (Å²) in [5.41, 5.74) is -1.63. The number of aldehydes is 1. The van der Waals surface area contributed by atoms with Gasteiger partial charge >= 0.3 is 5.97 Å². The van der Waals surface area contributed by atoms with Crippen LogP contribution in [0.1, 0.15) is 46.5 Å². The summed E-state index contributed by atoms with van der Waals surface area (Å²) < 4.78 is 16.5.